The molecule has 32 heavy (non-hydrogen) atoms. The highest BCUT2D eigenvalue weighted by Crippen LogP contribution is 2.23. The van der Waals surface area contributed by atoms with E-state index in [0.29, 0.717) is 19.1 Å². The second-order valence-electron chi connectivity index (χ2n) is 8.53. The molecule has 3 aromatic rings. The molecular formula is C26H34N4O2. The second kappa shape index (κ2) is 10.6. The van der Waals surface area contributed by atoms with E-state index >= 15 is 0 Å². The number of para-hydroxylation sites is 1. The SMILES string of the molecule is CN=C(NCCc1c(C)[nH]c2ccccc12)NCc1ccc(C)cc1OCC1CCOC1. The van der Waals surface area contributed by atoms with Gasteiger partial charge in [0, 0.05) is 54.8 Å². The lowest BCUT2D eigenvalue weighted by molar-refractivity contribution is 0.166. The van der Waals surface area contributed by atoms with Crippen molar-refractivity contribution in [3.63, 3.8) is 0 Å². The topological polar surface area (TPSA) is 70.7 Å². The zero-order valence-corrected chi connectivity index (χ0v) is 19.3. The molecule has 1 aromatic heterocycles. The van der Waals surface area contributed by atoms with Crippen LogP contribution in [0.3, 0.4) is 0 Å². The van der Waals surface area contributed by atoms with Crippen LogP contribution in [-0.4, -0.2) is 44.4 Å². The molecule has 0 saturated carbocycles. The fraction of sp³-hybridized carbons (Fsp3) is 0.423. The van der Waals surface area contributed by atoms with Crippen molar-refractivity contribution in [3.05, 3.63) is 64.8 Å². The minimum atomic E-state index is 0.485. The van der Waals surface area contributed by atoms with Crippen LogP contribution in [0.2, 0.25) is 0 Å². The highest BCUT2D eigenvalue weighted by molar-refractivity contribution is 5.84. The summed E-state index contributed by atoms with van der Waals surface area (Å²) in [6.45, 7) is 8.04. The number of H-pyrrole nitrogens is 1. The number of aromatic amines is 1. The van der Waals surface area contributed by atoms with Crippen LogP contribution in [0.5, 0.6) is 5.75 Å². The van der Waals surface area contributed by atoms with Gasteiger partial charge in [0.05, 0.1) is 13.2 Å². The molecule has 0 radical (unpaired) electrons. The van der Waals surface area contributed by atoms with Gasteiger partial charge in [0.1, 0.15) is 5.75 Å². The summed E-state index contributed by atoms with van der Waals surface area (Å²) in [5.41, 5.74) is 6.10. The number of aromatic nitrogens is 1. The van der Waals surface area contributed by atoms with E-state index in [0.717, 1.165) is 49.9 Å². The highest BCUT2D eigenvalue weighted by Gasteiger charge is 2.17. The molecule has 1 atom stereocenters. The van der Waals surface area contributed by atoms with Crippen LogP contribution in [0, 0.1) is 19.8 Å². The Labute approximate surface area is 190 Å². The summed E-state index contributed by atoms with van der Waals surface area (Å²) in [5.74, 6) is 2.21. The summed E-state index contributed by atoms with van der Waals surface area (Å²) in [4.78, 5) is 7.87. The first-order valence-corrected chi connectivity index (χ1v) is 11.4. The van der Waals surface area contributed by atoms with Crippen molar-refractivity contribution in [2.75, 3.05) is 33.4 Å². The number of nitrogens with zero attached hydrogens (tertiary/aromatic N) is 1. The Morgan fingerprint density at radius 2 is 2.06 bits per heavy atom. The number of aryl methyl sites for hydroxylation is 2. The molecule has 1 aliphatic heterocycles. The highest BCUT2D eigenvalue weighted by atomic mass is 16.5. The van der Waals surface area contributed by atoms with Crippen LogP contribution in [0.15, 0.2) is 47.5 Å². The minimum absolute atomic E-state index is 0.485. The Morgan fingerprint density at radius 3 is 2.88 bits per heavy atom. The van der Waals surface area contributed by atoms with Gasteiger partial charge in [0.25, 0.3) is 0 Å². The van der Waals surface area contributed by atoms with Gasteiger partial charge in [-0.25, -0.2) is 0 Å². The van der Waals surface area contributed by atoms with Crippen molar-refractivity contribution in [2.45, 2.75) is 33.2 Å². The first kappa shape index (κ1) is 22.2. The third kappa shape index (κ3) is 5.43. The lowest BCUT2D eigenvalue weighted by Gasteiger charge is -2.17. The minimum Gasteiger partial charge on any atom is -0.493 e. The summed E-state index contributed by atoms with van der Waals surface area (Å²) in [7, 11) is 1.80. The van der Waals surface area contributed by atoms with E-state index in [2.05, 4.69) is 76.9 Å². The number of aliphatic imine (C=N–C) groups is 1. The number of rotatable bonds is 8. The van der Waals surface area contributed by atoms with Crippen molar-refractivity contribution < 1.29 is 9.47 Å². The van der Waals surface area contributed by atoms with E-state index in [4.69, 9.17) is 9.47 Å². The molecule has 1 aliphatic rings. The van der Waals surface area contributed by atoms with E-state index in [1.54, 1.807) is 7.05 Å². The number of guanidine groups is 1. The molecule has 4 rings (SSSR count). The number of hydrogen-bond donors (Lipinski definition) is 3. The van der Waals surface area contributed by atoms with Gasteiger partial charge in [0.15, 0.2) is 5.96 Å². The molecule has 2 aromatic carbocycles. The van der Waals surface area contributed by atoms with Crippen molar-refractivity contribution in [3.8, 4) is 5.75 Å². The predicted octanol–water partition coefficient (Wildman–Crippen LogP) is 4.11. The van der Waals surface area contributed by atoms with E-state index < -0.39 is 0 Å². The number of nitrogens with one attached hydrogen (secondary N) is 3. The van der Waals surface area contributed by atoms with Crippen molar-refractivity contribution in [1.29, 1.82) is 0 Å². The molecule has 0 bridgehead atoms. The molecule has 6 nitrogen and oxygen atoms in total. The standard InChI is InChI=1S/C26H34N4O2/c1-18-8-9-21(25(14-18)32-17-20-11-13-31-16-20)15-29-26(27-3)28-12-10-22-19(2)30-24-7-5-4-6-23(22)24/h4-9,14,20,30H,10-13,15-17H2,1-3H3,(H2,27,28,29). The summed E-state index contributed by atoms with van der Waals surface area (Å²) in [6, 6.07) is 14.8. The average molecular weight is 435 g/mol. The molecule has 2 heterocycles. The van der Waals surface area contributed by atoms with Gasteiger partial charge in [-0.15, -0.1) is 0 Å². The number of hydrogen-bond acceptors (Lipinski definition) is 3. The van der Waals surface area contributed by atoms with Crippen molar-refractivity contribution >= 4 is 16.9 Å². The van der Waals surface area contributed by atoms with Gasteiger partial charge in [0.2, 0.25) is 0 Å². The Balaban J connectivity index is 1.32. The van der Waals surface area contributed by atoms with E-state index in [9.17, 15) is 0 Å². The van der Waals surface area contributed by atoms with Crippen LogP contribution in [0.1, 0.15) is 28.8 Å². The Morgan fingerprint density at radius 1 is 1.19 bits per heavy atom. The Bertz CT molecular complexity index is 1070. The molecular weight excluding hydrogens is 400 g/mol. The maximum atomic E-state index is 6.17. The van der Waals surface area contributed by atoms with Gasteiger partial charge in [-0.05, 0) is 49.9 Å². The molecule has 0 amide bonds. The number of fused-ring (bicyclic) bond motifs is 1. The molecule has 1 fully saturated rings. The van der Waals surface area contributed by atoms with Crippen LogP contribution in [-0.2, 0) is 17.7 Å². The normalized spacial score (nSPS) is 16.5. The zero-order chi connectivity index (χ0) is 22.3. The van der Waals surface area contributed by atoms with E-state index in [1.165, 1.54) is 27.7 Å². The summed E-state index contributed by atoms with van der Waals surface area (Å²) < 4.78 is 11.6. The molecule has 1 unspecified atom stereocenters. The first-order valence-electron chi connectivity index (χ1n) is 11.4. The van der Waals surface area contributed by atoms with Crippen molar-refractivity contribution in [2.24, 2.45) is 10.9 Å². The summed E-state index contributed by atoms with van der Waals surface area (Å²) >= 11 is 0. The molecule has 0 aliphatic carbocycles. The smallest absolute Gasteiger partial charge is 0.191 e. The van der Waals surface area contributed by atoms with Gasteiger partial charge >= 0.3 is 0 Å². The Kier molecular flexibility index (Phi) is 7.32. The number of ether oxygens (including phenoxy) is 2. The fourth-order valence-electron chi connectivity index (χ4n) is 4.23. The summed E-state index contributed by atoms with van der Waals surface area (Å²) in [5, 5.41) is 8.17. The maximum Gasteiger partial charge on any atom is 0.191 e. The molecule has 6 heteroatoms. The summed E-state index contributed by atoms with van der Waals surface area (Å²) in [6.07, 6.45) is 2.00. The Hall–Kier alpha value is -2.99. The molecule has 170 valence electrons. The molecule has 0 spiro atoms. The van der Waals surface area contributed by atoms with Crippen LogP contribution < -0.4 is 15.4 Å². The lowest BCUT2D eigenvalue weighted by Crippen LogP contribution is -2.38. The van der Waals surface area contributed by atoms with Crippen LogP contribution in [0.25, 0.3) is 10.9 Å². The largest absolute Gasteiger partial charge is 0.493 e. The van der Waals surface area contributed by atoms with Gasteiger partial charge < -0.3 is 25.1 Å². The quantitative estimate of drug-likeness (QED) is 0.369. The van der Waals surface area contributed by atoms with E-state index in [1.807, 2.05) is 0 Å². The third-order valence-corrected chi connectivity index (χ3v) is 6.09. The monoisotopic (exact) mass is 434 g/mol. The maximum absolute atomic E-state index is 6.17. The van der Waals surface area contributed by atoms with Gasteiger partial charge in [-0.2, -0.15) is 0 Å². The fourth-order valence-corrected chi connectivity index (χ4v) is 4.23. The van der Waals surface area contributed by atoms with Gasteiger partial charge in [-0.3, -0.25) is 4.99 Å². The lowest BCUT2D eigenvalue weighted by atomic mass is 10.1. The second-order valence-corrected chi connectivity index (χ2v) is 8.53. The van der Waals surface area contributed by atoms with Crippen LogP contribution >= 0.6 is 0 Å². The first-order chi connectivity index (χ1) is 15.6. The molecule has 1 saturated heterocycles. The van der Waals surface area contributed by atoms with Gasteiger partial charge in [-0.1, -0.05) is 30.3 Å². The zero-order valence-electron chi connectivity index (χ0n) is 19.3. The van der Waals surface area contributed by atoms with E-state index in [-0.39, 0.29) is 0 Å². The van der Waals surface area contributed by atoms with Crippen molar-refractivity contribution in [1.82, 2.24) is 15.6 Å². The molecule has 3 N–H and O–H groups in total. The predicted molar refractivity (Wildman–Crippen MR) is 131 cm³/mol. The van der Waals surface area contributed by atoms with Crippen LogP contribution in [0.4, 0.5) is 0 Å². The third-order valence-electron chi connectivity index (χ3n) is 6.09. The number of benzene rings is 2. The average Bonchev–Trinajstić information content (AvgIpc) is 3.43.